The molecule has 11 heteroatoms. The van der Waals surface area contributed by atoms with Crippen molar-refractivity contribution in [2.45, 2.75) is 62.3 Å². The van der Waals surface area contributed by atoms with Gasteiger partial charge in [0, 0.05) is 29.2 Å². The number of carbonyl (C=O) groups excluding carboxylic acids is 1. The van der Waals surface area contributed by atoms with Crippen molar-refractivity contribution in [3.05, 3.63) is 28.7 Å². The van der Waals surface area contributed by atoms with Crippen molar-refractivity contribution in [1.82, 2.24) is 0 Å². The summed E-state index contributed by atoms with van der Waals surface area (Å²) < 4.78 is 80.1. The van der Waals surface area contributed by atoms with E-state index >= 15 is 0 Å². The molecule has 0 saturated carbocycles. The van der Waals surface area contributed by atoms with Crippen LogP contribution in [-0.4, -0.2) is 30.6 Å². The zero-order valence-corrected chi connectivity index (χ0v) is 17.3. The van der Waals surface area contributed by atoms with E-state index in [1.165, 1.54) is 10.1 Å². The second-order valence-corrected chi connectivity index (χ2v) is 8.44. The number of rotatable bonds is 7. The quantitative estimate of drug-likeness (QED) is 0.351. The van der Waals surface area contributed by atoms with E-state index in [9.17, 15) is 36.0 Å². The fourth-order valence-corrected chi connectivity index (χ4v) is 4.52. The summed E-state index contributed by atoms with van der Waals surface area (Å²) in [6.45, 7) is 4.35. The summed E-state index contributed by atoms with van der Waals surface area (Å²) in [7, 11) is 0. The van der Waals surface area contributed by atoms with Crippen LogP contribution in [-0.2, 0) is 10.3 Å². The Hall–Kier alpha value is -1.78. The number of fused-ring (bicyclic) bond motifs is 1. The summed E-state index contributed by atoms with van der Waals surface area (Å²) in [5, 5.41) is 1.51. The average Bonchev–Trinajstić information content (AvgIpc) is 2.64. The molecule has 0 N–H and O–H groups in total. The summed E-state index contributed by atoms with van der Waals surface area (Å²) in [4.78, 5) is 25.0. The van der Waals surface area contributed by atoms with E-state index < -0.39 is 23.5 Å². The normalized spacial score (nSPS) is 16.2. The van der Waals surface area contributed by atoms with Gasteiger partial charge in [-0.15, -0.1) is 16.7 Å². The number of anilines is 1. The van der Waals surface area contributed by atoms with E-state index in [0.29, 0.717) is 36.8 Å². The molecule has 30 heavy (non-hydrogen) atoms. The molecule has 0 fully saturated rings. The lowest BCUT2D eigenvalue weighted by atomic mass is 9.89. The molecule has 1 heterocycles. The van der Waals surface area contributed by atoms with Gasteiger partial charge in [0.1, 0.15) is 0 Å². The number of nitroso groups, excluding NO2 is 1. The van der Waals surface area contributed by atoms with E-state index in [4.69, 9.17) is 0 Å². The summed E-state index contributed by atoms with van der Waals surface area (Å²) in [5.41, 5.74) is -5.93. The molecule has 168 valence electrons. The van der Waals surface area contributed by atoms with Gasteiger partial charge in [0.25, 0.3) is 0 Å². The Balaban J connectivity index is 2.39. The molecule has 0 bridgehead atoms. The van der Waals surface area contributed by atoms with Crippen LogP contribution >= 0.6 is 11.8 Å². The van der Waals surface area contributed by atoms with Crippen molar-refractivity contribution in [2.75, 3.05) is 17.2 Å². The number of thioether (sulfide) groups is 1. The highest BCUT2D eigenvalue weighted by atomic mass is 32.2. The predicted molar refractivity (Wildman–Crippen MR) is 102 cm³/mol. The first-order valence-electron chi connectivity index (χ1n) is 9.44. The van der Waals surface area contributed by atoms with Gasteiger partial charge >= 0.3 is 17.9 Å². The molecule has 1 aromatic rings. The van der Waals surface area contributed by atoms with E-state index in [-0.39, 0.29) is 22.9 Å². The van der Waals surface area contributed by atoms with Gasteiger partial charge in [-0.3, -0.25) is 4.79 Å². The second kappa shape index (κ2) is 9.15. The topological polar surface area (TPSA) is 49.7 Å². The highest BCUT2D eigenvalue weighted by molar-refractivity contribution is 7.99. The van der Waals surface area contributed by atoms with Crippen molar-refractivity contribution in [2.24, 2.45) is 11.1 Å². The monoisotopic (exact) mass is 456 g/mol. The third kappa shape index (κ3) is 4.60. The fourth-order valence-electron chi connectivity index (χ4n) is 3.49. The van der Waals surface area contributed by atoms with Crippen molar-refractivity contribution < 1.29 is 31.1 Å². The van der Waals surface area contributed by atoms with Gasteiger partial charge in [-0.05, 0) is 29.6 Å². The SMILES string of the molecule is CCCC(C)CCC(=O)N1CCSc2cc(C(N=O)(C(F)(F)F)C(F)(F)F)ccc21. The molecule has 1 aromatic carbocycles. The predicted octanol–water partition coefficient (Wildman–Crippen LogP) is 6.43. The van der Waals surface area contributed by atoms with E-state index in [2.05, 4.69) is 0 Å². The molecular formula is C19H22F6N2O2S. The highest BCUT2D eigenvalue weighted by Crippen LogP contribution is 2.54. The lowest BCUT2D eigenvalue weighted by Gasteiger charge is -2.34. The molecule has 4 nitrogen and oxygen atoms in total. The number of amides is 1. The zero-order valence-electron chi connectivity index (χ0n) is 16.4. The zero-order chi connectivity index (χ0) is 22.7. The number of hydrogen-bond donors (Lipinski definition) is 0. The minimum atomic E-state index is -5.97. The van der Waals surface area contributed by atoms with Crippen LogP contribution in [0.4, 0.5) is 32.0 Å². The molecular weight excluding hydrogens is 434 g/mol. The molecule has 1 amide bonds. The number of alkyl halides is 6. The molecule has 0 aromatic heterocycles. The van der Waals surface area contributed by atoms with Crippen LogP contribution in [0.25, 0.3) is 0 Å². The van der Waals surface area contributed by atoms with Crippen LogP contribution in [0.1, 0.15) is 45.1 Å². The summed E-state index contributed by atoms with van der Waals surface area (Å²) in [6, 6.07) is 2.27. The highest BCUT2D eigenvalue weighted by Gasteiger charge is 2.74. The Labute approximate surface area is 174 Å². The number of carbonyl (C=O) groups is 1. The second-order valence-electron chi connectivity index (χ2n) is 7.31. The van der Waals surface area contributed by atoms with Crippen LogP contribution in [0.5, 0.6) is 0 Å². The van der Waals surface area contributed by atoms with Crippen LogP contribution < -0.4 is 4.90 Å². The molecule has 0 radical (unpaired) electrons. The molecule has 0 aliphatic carbocycles. The van der Waals surface area contributed by atoms with Crippen molar-refractivity contribution >= 4 is 23.4 Å². The Bertz CT molecular complexity index is 767. The van der Waals surface area contributed by atoms with E-state index in [1.54, 1.807) is 0 Å². The lowest BCUT2D eigenvalue weighted by molar-refractivity contribution is -0.301. The minimum Gasteiger partial charge on any atom is -0.310 e. The first-order chi connectivity index (χ1) is 13.9. The Kier molecular flexibility index (Phi) is 7.47. The summed E-state index contributed by atoms with van der Waals surface area (Å²) in [5.74, 6) is 0.406. The maximum Gasteiger partial charge on any atom is 0.430 e. The molecule has 1 unspecified atom stereocenters. The standard InChI is InChI=1S/C19H22F6N2O2S/c1-3-4-12(2)5-8-16(28)27-9-10-30-15-11-13(6-7-14(15)27)17(26-29,18(20,21)22)19(23,24)25/h6-7,11-12H,3-5,8-10H2,1-2H3. The van der Waals surface area contributed by atoms with Gasteiger partial charge < -0.3 is 4.90 Å². The molecule has 1 atom stereocenters. The Morgan fingerprint density at radius 2 is 1.80 bits per heavy atom. The van der Waals surface area contributed by atoms with Gasteiger partial charge in [0.05, 0.1) is 5.69 Å². The van der Waals surface area contributed by atoms with Crippen molar-refractivity contribution in [3.8, 4) is 0 Å². The van der Waals surface area contributed by atoms with E-state index in [1.807, 2.05) is 13.8 Å². The average molecular weight is 456 g/mol. The number of nitrogens with zero attached hydrogens (tertiary/aromatic N) is 2. The van der Waals surface area contributed by atoms with Crippen LogP contribution in [0.3, 0.4) is 0 Å². The number of benzene rings is 1. The van der Waals surface area contributed by atoms with Gasteiger partial charge in [0.2, 0.25) is 5.91 Å². The maximum absolute atomic E-state index is 13.3. The minimum absolute atomic E-state index is 0.0789. The third-order valence-electron chi connectivity index (χ3n) is 5.13. The van der Waals surface area contributed by atoms with Crippen LogP contribution in [0.2, 0.25) is 0 Å². The molecule has 0 spiro atoms. The Morgan fingerprint density at radius 3 is 2.33 bits per heavy atom. The molecule has 0 saturated heterocycles. The lowest BCUT2D eigenvalue weighted by Crippen LogP contribution is -2.52. The fraction of sp³-hybridized carbons (Fsp3) is 0.632. The van der Waals surface area contributed by atoms with Gasteiger partial charge in [0.15, 0.2) is 0 Å². The van der Waals surface area contributed by atoms with Crippen molar-refractivity contribution in [3.63, 3.8) is 0 Å². The van der Waals surface area contributed by atoms with Gasteiger partial charge in [-0.2, -0.15) is 26.3 Å². The third-order valence-corrected chi connectivity index (χ3v) is 6.16. The van der Waals surface area contributed by atoms with Crippen LogP contribution in [0.15, 0.2) is 28.3 Å². The summed E-state index contributed by atoms with van der Waals surface area (Å²) in [6.07, 6.45) is -9.12. The summed E-state index contributed by atoms with van der Waals surface area (Å²) >= 11 is 1.03. The first kappa shape index (κ1) is 24.5. The largest absolute Gasteiger partial charge is 0.430 e. The van der Waals surface area contributed by atoms with Crippen LogP contribution in [0, 0.1) is 10.8 Å². The number of halogens is 6. The maximum atomic E-state index is 13.3. The smallest absolute Gasteiger partial charge is 0.310 e. The first-order valence-corrected chi connectivity index (χ1v) is 10.4. The van der Waals surface area contributed by atoms with Gasteiger partial charge in [-0.1, -0.05) is 32.8 Å². The van der Waals surface area contributed by atoms with Crippen molar-refractivity contribution in [1.29, 1.82) is 0 Å². The van der Waals surface area contributed by atoms with Gasteiger partial charge in [-0.25, -0.2) is 0 Å². The van der Waals surface area contributed by atoms with E-state index in [0.717, 1.165) is 30.7 Å². The molecule has 1 aliphatic heterocycles. The molecule has 2 rings (SSSR count). The molecule has 1 aliphatic rings. The number of hydrogen-bond acceptors (Lipinski definition) is 4. The Morgan fingerprint density at radius 1 is 1.17 bits per heavy atom.